The SMILES string of the molecule is CNc1ccc(-c2nc(=O)n(CCC3CCCO3)c3c2oc2ccc(-c4cncs4)cc23)cn1. The molecule has 5 aromatic rings. The van der Waals surface area contributed by atoms with Crippen molar-refractivity contribution in [1.29, 1.82) is 0 Å². The van der Waals surface area contributed by atoms with Crippen molar-refractivity contribution in [3.8, 4) is 21.7 Å². The maximum Gasteiger partial charge on any atom is 0.348 e. The molecule has 6 rings (SSSR count). The first kappa shape index (κ1) is 21.0. The van der Waals surface area contributed by atoms with E-state index >= 15 is 0 Å². The summed E-state index contributed by atoms with van der Waals surface area (Å²) in [6.45, 7) is 1.30. The number of benzene rings is 1. The van der Waals surface area contributed by atoms with Crippen LogP contribution >= 0.6 is 11.3 Å². The lowest BCUT2D eigenvalue weighted by Crippen LogP contribution is -2.25. The van der Waals surface area contributed by atoms with Gasteiger partial charge in [-0.25, -0.2) is 9.78 Å². The van der Waals surface area contributed by atoms with Gasteiger partial charge < -0.3 is 14.5 Å². The van der Waals surface area contributed by atoms with Gasteiger partial charge >= 0.3 is 5.69 Å². The first-order valence-electron chi connectivity index (χ1n) is 11.3. The zero-order chi connectivity index (χ0) is 23.1. The molecular formula is C25H23N5O3S. The van der Waals surface area contributed by atoms with Crippen molar-refractivity contribution in [2.24, 2.45) is 0 Å². The Labute approximate surface area is 199 Å². The number of nitrogens with zero attached hydrogens (tertiary/aromatic N) is 4. The van der Waals surface area contributed by atoms with Gasteiger partial charge in [0.25, 0.3) is 0 Å². The molecule has 1 saturated heterocycles. The molecule has 1 N–H and O–H groups in total. The van der Waals surface area contributed by atoms with E-state index in [4.69, 9.17) is 9.15 Å². The van der Waals surface area contributed by atoms with Gasteiger partial charge in [-0.15, -0.1) is 11.3 Å². The van der Waals surface area contributed by atoms with E-state index in [2.05, 4.69) is 26.3 Å². The molecule has 0 bridgehead atoms. The van der Waals surface area contributed by atoms with Crippen molar-refractivity contribution in [2.75, 3.05) is 19.0 Å². The van der Waals surface area contributed by atoms with Crippen molar-refractivity contribution < 1.29 is 9.15 Å². The van der Waals surface area contributed by atoms with Gasteiger partial charge in [0, 0.05) is 43.5 Å². The fraction of sp³-hybridized carbons (Fsp3) is 0.280. The summed E-state index contributed by atoms with van der Waals surface area (Å²) in [6.07, 6.45) is 6.57. The number of hydrogen-bond acceptors (Lipinski definition) is 8. The van der Waals surface area contributed by atoms with Crippen LogP contribution in [0.4, 0.5) is 5.82 Å². The summed E-state index contributed by atoms with van der Waals surface area (Å²) >= 11 is 1.58. The number of furan rings is 1. The second-order valence-corrected chi connectivity index (χ2v) is 9.24. The average molecular weight is 474 g/mol. The summed E-state index contributed by atoms with van der Waals surface area (Å²) in [7, 11) is 1.81. The Kier molecular flexibility index (Phi) is 5.35. The second kappa shape index (κ2) is 8.66. The topological polar surface area (TPSA) is 95.1 Å². The summed E-state index contributed by atoms with van der Waals surface area (Å²) in [5, 5.41) is 3.89. The summed E-state index contributed by atoms with van der Waals surface area (Å²) in [5.74, 6) is 0.740. The molecule has 172 valence electrons. The van der Waals surface area contributed by atoms with Crippen LogP contribution in [0.25, 0.3) is 43.8 Å². The highest BCUT2D eigenvalue weighted by Crippen LogP contribution is 2.36. The van der Waals surface area contributed by atoms with Gasteiger partial charge in [0.05, 0.1) is 16.5 Å². The highest BCUT2D eigenvalue weighted by Gasteiger charge is 2.22. The van der Waals surface area contributed by atoms with Crippen molar-refractivity contribution in [1.82, 2.24) is 19.5 Å². The predicted octanol–water partition coefficient (Wildman–Crippen LogP) is 4.94. The van der Waals surface area contributed by atoms with Gasteiger partial charge in [0.15, 0.2) is 5.58 Å². The number of thiazole rings is 1. The van der Waals surface area contributed by atoms with Crippen molar-refractivity contribution >= 4 is 39.2 Å². The number of anilines is 1. The number of rotatable bonds is 6. The molecule has 1 fully saturated rings. The summed E-state index contributed by atoms with van der Waals surface area (Å²) in [4.78, 5) is 27.4. The number of fused-ring (bicyclic) bond motifs is 3. The fourth-order valence-electron chi connectivity index (χ4n) is 4.56. The molecule has 9 heteroatoms. The molecule has 4 aromatic heterocycles. The molecule has 0 saturated carbocycles. The van der Waals surface area contributed by atoms with E-state index in [0.717, 1.165) is 58.6 Å². The van der Waals surface area contributed by atoms with E-state index in [1.54, 1.807) is 22.1 Å². The first-order chi connectivity index (χ1) is 16.7. The molecule has 0 amide bonds. The van der Waals surface area contributed by atoms with Crippen LogP contribution in [0, 0.1) is 0 Å². The Morgan fingerprint density at radius 3 is 2.85 bits per heavy atom. The van der Waals surface area contributed by atoms with Gasteiger partial charge in [-0.2, -0.15) is 4.98 Å². The lowest BCUT2D eigenvalue weighted by atomic mass is 10.1. The Morgan fingerprint density at radius 1 is 1.21 bits per heavy atom. The highest BCUT2D eigenvalue weighted by atomic mass is 32.1. The smallest absolute Gasteiger partial charge is 0.348 e. The Hall–Kier alpha value is -3.56. The third-order valence-electron chi connectivity index (χ3n) is 6.29. The summed E-state index contributed by atoms with van der Waals surface area (Å²) in [5.41, 5.74) is 5.83. The van der Waals surface area contributed by atoms with Gasteiger partial charge in [0.2, 0.25) is 0 Å². The molecule has 8 nitrogen and oxygen atoms in total. The molecule has 0 spiro atoms. The van der Waals surface area contributed by atoms with Gasteiger partial charge in [-0.05, 0) is 55.2 Å². The molecule has 1 unspecified atom stereocenters. The van der Waals surface area contributed by atoms with Crippen LogP contribution in [0.1, 0.15) is 19.3 Å². The zero-order valence-corrected chi connectivity index (χ0v) is 19.5. The predicted molar refractivity (Wildman–Crippen MR) is 133 cm³/mol. The minimum absolute atomic E-state index is 0.172. The number of aryl methyl sites for hydroxylation is 1. The minimum atomic E-state index is -0.302. The molecule has 5 heterocycles. The molecular weight excluding hydrogens is 450 g/mol. The van der Waals surface area contributed by atoms with Gasteiger partial charge in [0.1, 0.15) is 22.6 Å². The molecule has 1 aromatic carbocycles. The van der Waals surface area contributed by atoms with Crippen LogP contribution in [-0.4, -0.2) is 39.3 Å². The van der Waals surface area contributed by atoms with Gasteiger partial charge in [-0.1, -0.05) is 0 Å². The fourth-order valence-corrected chi connectivity index (χ4v) is 5.18. The maximum absolute atomic E-state index is 13.3. The number of ether oxygens (including phenoxy) is 1. The van der Waals surface area contributed by atoms with E-state index in [1.165, 1.54) is 0 Å². The van der Waals surface area contributed by atoms with Crippen LogP contribution in [0.5, 0.6) is 0 Å². The van der Waals surface area contributed by atoms with Crippen LogP contribution in [-0.2, 0) is 11.3 Å². The monoisotopic (exact) mass is 473 g/mol. The number of aromatic nitrogens is 4. The zero-order valence-electron chi connectivity index (χ0n) is 18.7. The maximum atomic E-state index is 13.3. The normalized spacial score (nSPS) is 16.0. The number of hydrogen-bond donors (Lipinski definition) is 1. The van der Waals surface area contributed by atoms with Crippen molar-refractivity contribution in [3.63, 3.8) is 0 Å². The van der Waals surface area contributed by atoms with Gasteiger partial charge in [-0.3, -0.25) is 9.55 Å². The van der Waals surface area contributed by atoms with Crippen molar-refractivity contribution in [3.05, 3.63) is 58.7 Å². The third-order valence-corrected chi connectivity index (χ3v) is 7.12. The van der Waals surface area contributed by atoms with E-state index in [-0.39, 0.29) is 11.8 Å². The summed E-state index contributed by atoms with van der Waals surface area (Å²) in [6, 6.07) is 9.79. The van der Waals surface area contributed by atoms with Crippen LogP contribution in [0.3, 0.4) is 0 Å². The molecule has 0 radical (unpaired) electrons. The van der Waals surface area contributed by atoms with E-state index in [9.17, 15) is 4.79 Å². The van der Waals surface area contributed by atoms with Crippen LogP contribution in [0.2, 0.25) is 0 Å². The standard InChI is InChI=1S/C25H23N5O3S/c1-26-21-7-5-16(12-28-21)22-24-23(30(25(31)29-22)9-8-17-3-2-10-32-17)18-11-15(4-6-19(18)33-24)20-13-27-14-34-20/h4-7,11-14,17H,2-3,8-10H2,1H3,(H,26,28). The molecule has 1 aliphatic heterocycles. The highest BCUT2D eigenvalue weighted by molar-refractivity contribution is 7.13. The lowest BCUT2D eigenvalue weighted by Gasteiger charge is -2.13. The van der Waals surface area contributed by atoms with Crippen LogP contribution < -0.4 is 11.0 Å². The number of nitrogens with one attached hydrogen (secondary N) is 1. The Bertz CT molecular complexity index is 1520. The molecule has 0 aliphatic carbocycles. The van der Waals surface area contributed by atoms with E-state index in [0.29, 0.717) is 23.4 Å². The Morgan fingerprint density at radius 2 is 2.12 bits per heavy atom. The molecule has 1 aliphatic rings. The largest absolute Gasteiger partial charge is 0.452 e. The lowest BCUT2D eigenvalue weighted by molar-refractivity contribution is 0.100. The van der Waals surface area contributed by atoms with Crippen LogP contribution in [0.15, 0.2) is 57.4 Å². The average Bonchev–Trinajstić information content (AvgIpc) is 3.64. The molecule has 1 atom stereocenters. The van der Waals surface area contributed by atoms with Crippen molar-refractivity contribution in [2.45, 2.75) is 31.9 Å². The second-order valence-electron chi connectivity index (χ2n) is 8.36. The molecule has 34 heavy (non-hydrogen) atoms. The Balaban J connectivity index is 1.56. The summed E-state index contributed by atoms with van der Waals surface area (Å²) < 4.78 is 13.9. The third kappa shape index (κ3) is 3.66. The van der Waals surface area contributed by atoms with E-state index in [1.807, 2.05) is 43.0 Å². The van der Waals surface area contributed by atoms with E-state index < -0.39 is 0 Å². The minimum Gasteiger partial charge on any atom is -0.452 e. The number of pyridine rings is 1. The quantitative estimate of drug-likeness (QED) is 0.373. The first-order valence-corrected chi connectivity index (χ1v) is 12.2.